The van der Waals surface area contributed by atoms with Crippen LogP contribution in [-0.4, -0.2) is 53.6 Å². The fourth-order valence-corrected chi connectivity index (χ4v) is 4.02. The van der Waals surface area contributed by atoms with Crippen LogP contribution in [0, 0.1) is 0 Å². The molecule has 1 unspecified atom stereocenters. The highest BCUT2D eigenvalue weighted by Gasteiger charge is 2.35. The molecule has 10 heteroatoms. The van der Waals surface area contributed by atoms with Gasteiger partial charge in [0.2, 0.25) is 0 Å². The molecule has 0 spiro atoms. The van der Waals surface area contributed by atoms with E-state index in [0.29, 0.717) is 12.2 Å². The van der Waals surface area contributed by atoms with Gasteiger partial charge < -0.3 is 25.0 Å². The molecular weight excluding hydrogens is 466 g/mol. The monoisotopic (exact) mass is 491 g/mol. The van der Waals surface area contributed by atoms with Crippen molar-refractivity contribution in [3.63, 3.8) is 0 Å². The fraction of sp³-hybridized carbons (Fsp3) is 0.192. The molecule has 1 aliphatic heterocycles. The molecule has 10 nitrogen and oxygen atoms in total. The molecule has 0 aliphatic carbocycles. The van der Waals surface area contributed by atoms with Crippen molar-refractivity contribution in [1.82, 2.24) is 5.01 Å². The Morgan fingerprint density at radius 1 is 1.00 bits per heavy atom. The molecule has 1 atom stereocenters. The maximum Gasteiger partial charge on any atom is 0.340 e. The number of hydrazine groups is 1. The number of rotatable bonds is 8. The number of benzene rings is 3. The summed E-state index contributed by atoms with van der Waals surface area (Å²) in [5.74, 6) is -1.90. The van der Waals surface area contributed by atoms with Crippen molar-refractivity contribution in [3.8, 4) is 5.75 Å². The number of carbonyl (C=O) groups is 3. The standard InChI is InChI=1S/C26H25N3O7/c1-28(26(34)27-20-12-18(24(30)31)11-19(13-20)25(32)33)29-22-9-4-3-7-17(22)14-23(29)36-15-16-6-5-8-21(10-16)35-2/h3-13,23H,14-15H2,1-2H3,(H,27,34)(H,30,31)(H,32,33). The molecule has 3 aromatic rings. The van der Waals surface area contributed by atoms with Crippen LogP contribution < -0.4 is 15.1 Å². The lowest BCUT2D eigenvalue weighted by molar-refractivity contribution is 0.0216. The molecule has 0 bridgehead atoms. The molecule has 0 saturated carbocycles. The maximum absolute atomic E-state index is 13.2. The lowest BCUT2D eigenvalue weighted by atomic mass is 10.1. The van der Waals surface area contributed by atoms with Crippen molar-refractivity contribution >= 4 is 29.3 Å². The minimum atomic E-state index is -1.30. The minimum absolute atomic E-state index is 0.0467. The zero-order valence-corrected chi connectivity index (χ0v) is 19.7. The van der Waals surface area contributed by atoms with Crippen LogP contribution in [0.5, 0.6) is 5.75 Å². The molecule has 186 valence electrons. The third-order valence-corrected chi connectivity index (χ3v) is 5.78. The summed E-state index contributed by atoms with van der Waals surface area (Å²) in [7, 11) is 3.15. The molecule has 0 saturated heterocycles. The van der Waals surface area contributed by atoms with Crippen LogP contribution in [0.3, 0.4) is 0 Å². The van der Waals surface area contributed by atoms with Gasteiger partial charge in [-0.05, 0) is 47.5 Å². The van der Waals surface area contributed by atoms with Gasteiger partial charge in [-0.1, -0.05) is 30.3 Å². The summed E-state index contributed by atoms with van der Waals surface area (Å²) in [6.07, 6.45) is 0.0411. The van der Waals surface area contributed by atoms with Gasteiger partial charge in [0.1, 0.15) is 5.75 Å². The fourth-order valence-electron chi connectivity index (χ4n) is 4.02. The van der Waals surface area contributed by atoms with E-state index < -0.39 is 24.2 Å². The number of anilines is 2. The van der Waals surface area contributed by atoms with E-state index in [4.69, 9.17) is 9.47 Å². The lowest BCUT2D eigenvalue weighted by Crippen LogP contribution is -2.50. The van der Waals surface area contributed by atoms with Crippen LogP contribution in [0.25, 0.3) is 0 Å². The summed E-state index contributed by atoms with van der Waals surface area (Å²) < 4.78 is 11.5. The van der Waals surface area contributed by atoms with Crippen molar-refractivity contribution in [1.29, 1.82) is 0 Å². The Balaban J connectivity index is 1.56. The largest absolute Gasteiger partial charge is 0.497 e. The van der Waals surface area contributed by atoms with Gasteiger partial charge in [-0.25, -0.2) is 19.4 Å². The molecule has 36 heavy (non-hydrogen) atoms. The number of hydrogen-bond acceptors (Lipinski definition) is 6. The van der Waals surface area contributed by atoms with E-state index in [0.717, 1.165) is 22.9 Å². The second kappa shape index (κ2) is 10.4. The molecule has 1 heterocycles. The van der Waals surface area contributed by atoms with E-state index in [-0.39, 0.29) is 23.4 Å². The number of para-hydroxylation sites is 1. The highest BCUT2D eigenvalue weighted by atomic mass is 16.5. The van der Waals surface area contributed by atoms with Gasteiger partial charge in [0.25, 0.3) is 0 Å². The molecule has 0 aromatic heterocycles. The number of fused-ring (bicyclic) bond motifs is 1. The quantitative estimate of drug-likeness (QED) is 0.430. The normalized spacial score (nSPS) is 14.2. The van der Waals surface area contributed by atoms with E-state index in [1.807, 2.05) is 48.5 Å². The van der Waals surface area contributed by atoms with E-state index in [9.17, 15) is 24.6 Å². The van der Waals surface area contributed by atoms with Crippen LogP contribution in [-0.2, 0) is 17.8 Å². The number of nitrogens with one attached hydrogen (secondary N) is 1. The zero-order chi connectivity index (χ0) is 25.8. The maximum atomic E-state index is 13.2. The van der Waals surface area contributed by atoms with Gasteiger partial charge in [0.05, 0.1) is 30.5 Å². The van der Waals surface area contributed by atoms with E-state index in [1.165, 1.54) is 17.1 Å². The molecule has 3 aromatic carbocycles. The highest BCUT2D eigenvalue weighted by molar-refractivity contribution is 5.98. The molecule has 2 amide bonds. The van der Waals surface area contributed by atoms with E-state index in [1.54, 1.807) is 19.2 Å². The number of carbonyl (C=O) groups excluding carboxylic acids is 1. The van der Waals surface area contributed by atoms with Gasteiger partial charge in [-0.15, -0.1) is 0 Å². The Labute approximate surface area is 207 Å². The molecule has 3 N–H and O–H groups in total. The third kappa shape index (κ3) is 5.23. The third-order valence-electron chi connectivity index (χ3n) is 5.78. The lowest BCUT2D eigenvalue weighted by Gasteiger charge is -2.35. The summed E-state index contributed by atoms with van der Waals surface area (Å²) in [6, 6.07) is 17.9. The molecule has 4 rings (SSSR count). The van der Waals surface area contributed by atoms with Crippen LogP contribution in [0.1, 0.15) is 31.8 Å². The van der Waals surface area contributed by atoms with Gasteiger partial charge in [-0.3, -0.25) is 5.01 Å². The summed E-state index contributed by atoms with van der Waals surface area (Å²) in [6.45, 7) is 0.282. The SMILES string of the molecule is COc1cccc(COC2Cc3ccccc3N2N(C)C(=O)Nc2cc(C(=O)O)cc(C(=O)O)c2)c1. The number of urea groups is 1. The summed E-state index contributed by atoms with van der Waals surface area (Å²) in [5.41, 5.74) is 2.23. The Hall–Kier alpha value is -4.57. The van der Waals surface area contributed by atoms with Crippen molar-refractivity contribution in [2.45, 2.75) is 19.3 Å². The summed E-state index contributed by atoms with van der Waals surface area (Å²) >= 11 is 0. The second-order valence-corrected chi connectivity index (χ2v) is 8.16. The zero-order valence-electron chi connectivity index (χ0n) is 19.7. The van der Waals surface area contributed by atoms with Crippen LogP contribution in [0.4, 0.5) is 16.2 Å². The Bertz CT molecular complexity index is 1280. The van der Waals surface area contributed by atoms with Crippen LogP contribution in [0.2, 0.25) is 0 Å². The van der Waals surface area contributed by atoms with E-state index in [2.05, 4.69) is 5.32 Å². The average molecular weight is 492 g/mol. The van der Waals surface area contributed by atoms with Crippen molar-refractivity contribution in [3.05, 3.63) is 89.0 Å². The van der Waals surface area contributed by atoms with Gasteiger partial charge >= 0.3 is 18.0 Å². The molecule has 0 radical (unpaired) electrons. The number of aromatic carboxylic acids is 2. The number of hydrogen-bond donors (Lipinski definition) is 3. The van der Waals surface area contributed by atoms with Crippen molar-refractivity contribution < 1.29 is 34.1 Å². The molecular formula is C26H25N3O7. The first-order valence-electron chi connectivity index (χ1n) is 11.0. The number of ether oxygens (including phenoxy) is 2. The summed E-state index contributed by atoms with van der Waals surface area (Å²) in [5, 5.41) is 24.3. The van der Waals surface area contributed by atoms with Crippen molar-refractivity contribution in [2.75, 3.05) is 24.5 Å². The average Bonchev–Trinajstić information content (AvgIpc) is 3.25. The van der Waals surface area contributed by atoms with Crippen LogP contribution >= 0.6 is 0 Å². The number of methoxy groups -OCH3 is 1. The van der Waals surface area contributed by atoms with Gasteiger partial charge in [0, 0.05) is 19.2 Å². The smallest absolute Gasteiger partial charge is 0.340 e. The number of carboxylic acid groups (broad SMARTS) is 2. The summed E-state index contributed by atoms with van der Waals surface area (Å²) in [4.78, 5) is 36.0. The van der Waals surface area contributed by atoms with E-state index >= 15 is 0 Å². The Kier molecular flexibility index (Phi) is 7.07. The number of nitrogens with zero attached hydrogens (tertiary/aromatic N) is 2. The van der Waals surface area contributed by atoms with Gasteiger partial charge in [0.15, 0.2) is 6.23 Å². The molecule has 1 aliphatic rings. The first kappa shape index (κ1) is 24.6. The predicted molar refractivity (Wildman–Crippen MR) is 131 cm³/mol. The number of carboxylic acids is 2. The Morgan fingerprint density at radius 3 is 2.36 bits per heavy atom. The topological polar surface area (TPSA) is 129 Å². The second-order valence-electron chi connectivity index (χ2n) is 8.16. The van der Waals surface area contributed by atoms with Crippen molar-refractivity contribution in [2.24, 2.45) is 0 Å². The number of amides is 2. The predicted octanol–water partition coefficient (Wildman–Crippen LogP) is 4.08. The minimum Gasteiger partial charge on any atom is -0.497 e. The van der Waals surface area contributed by atoms with Crippen LogP contribution in [0.15, 0.2) is 66.7 Å². The first-order valence-corrected chi connectivity index (χ1v) is 11.0. The van der Waals surface area contributed by atoms with Gasteiger partial charge in [-0.2, -0.15) is 0 Å². The first-order chi connectivity index (χ1) is 17.3. The molecule has 0 fully saturated rings. The highest BCUT2D eigenvalue weighted by Crippen LogP contribution is 2.34. The Morgan fingerprint density at radius 2 is 1.69 bits per heavy atom.